The van der Waals surface area contributed by atoms with Gasteiger partial charge in [-0.15, -0.1) is 0 Å². The quantitative estimate of drug-likeness (QED) is 0.617. The zero-order chi connectivity index (χ0) is 17.3. The SMILES string of the molecule is CN(C=O)C=S.CNC(C)(c1ccccc1)c1cccc(Br)c1. The number of halogens is 1. The van der Waals surface area contributed by atoms with E-state index >= 15 is 0 Å². The van der Waals surface area contributed by atoms with Crippen LogP contribution in [0.2, 0.25) is 0 Å². The Morgan fingerprint density at radius 1 is 1.13 bits per heavy atom. The summed E-state index contributed by atoms with van der Waals surface area (Å²) in [6, 6.07) is 18.9. The van der Waals surface area contributed by atoms with E-state index < -0.39 is 0 Å². The van der Waals surface area contributed by atoms with Gasteiger partial charge < -0.3 is 10.2 Å². The van der Waals surface area contributed by atoms with E-state index in [1.165, 1.54) is 21.5 Å². The Hall–Kier alpha value is -1.56. The number of nitrogens with one attached hydrogen (secondary N) is 1. The highest BCUT2D eigenvalue weighted by Crippen LogP contribution is 2.30. The van der Waals surface area contributed by atoms with Crippen LogP contribution < -0.4 is 5.32 Å². The minimum Gasteiger partial charge on any atom is -0.315 e. The number of nitrogens with zero attached hydrogens (tertiary/aromatic N) is 1. The number of benzene rings is 2. The Morgan fingerprint density at radius 2 is 1.74 bits per heavy atom. The largest absolute Gasteiger partial charge is 0.315 e. The smallest absolute Gasteiger partial charge is 0.214 e. The first-order valence-corrected chi connectivity index (χ1v) is 8.37. The Bertz CT molecular complexity index is 628. The first-order chi connectivity index (χ1) is 11.0. The molecule has 1 amide bonds. The van der Waals surface area contributed by atoms with Crippen molar-refractivity contribution >= 4 is 40.0 Å². The van der Waals surface area contributed by atoms with E-state index in [9.17, 15) is 4.79 Å². The highest BCUT2D eigenvalue weighted by atomic mass is 79.9. The Kier molecular flexibility index (Phi) is 8.09. The topological polar surface area (TPSA) is 32.3 Å². The molecular weight excluding hydrogens is 372 g/mol. The van der Waals surface area contributed by atoms with Gasteiger partial charge in [0, 0.05) is 11.5 Å². The summed E-state index contributed by atoms with van der Waals surface area (Å²) in [5.74, 6) is 0. The average Bonchev–Trinajstić information content (AvgIpc) is 2.61. The van der Waals surface area contributed by atoms with E-state index in [4.69, 9.17) is 0 Å². The third-order valence-corrected chi connectivity index (χ3v) is 4.41. The highest BCUT2D eigenvalue weighted by Gasteiger charge is 2.26. The Morgan fingerprint density at radius 3 is 2.17 bits per heavy atom. The second-order valence-electron chi connectivity index (χ2n) is 5.13. The van der Waals surface area contributed by atoms with Crippen molar-refractivity contribution in [3.8, 4) is 0 Å². The fraction of sp³-hybridized carbons (Fsp3) is 0.222. The number of carbonyl (C=O) groups is 1. The zero-order valence-electron chi connectivity index (χ0n) is 13.5. The number of rotatable bonds is 5. The van der Waals surface area contributed by atoms with Crippen LogP contribution in [0.4, 0.5) is 0 Å². The predicted molar refractivity (Wildman–Crippen MR) is 104 cm³/mol. The van der Waals surface area contributed by atoms with Crippen LogP contribution in [0, 0.1) is 0 Å². The van der Waals surface area contributed by atoms with E-state index in [2.05, 4.69) is 82.9 Å². The van der Waals surface area contributed by atoms with Gasteiger partial charge in [-0.05, 0) is 37.2 Å². The predicted octanol–water partition coefficient (Wildman–Crippen LogP) is 3.96. The summed E-state index contributed by atoms with van der Waals surface area (Å²) in [6.45, 7) is 2.20. The van der Waals surface area contributed by atoms with Gasteiger partial charge in [-0.2, -0.15) is 0 Å². The van der Waals surface area contributed by atoms with E-state index in [1.54, 1.807) is 7.05 Å². The summed E-state index contributed by atoms with van der Waals surface area (Å²) in [5, 5.41) is 3.42. The normalized spacial score (nSPS) is 12.3. The van der Waals surface area contributed by atoms with Gasteiger partial charge >= 0.3 is 0 Å². The molecule has 2 rings (SSSR count). The van der Waals surface area contributed by atoms with Crippen LogP contribution in [-0.4, -0.2) is 30.9 Å². The summed E-state index contributed by atoms with van der Waals surface area (Å²) in [5.41, 5.74) is 3.62. The van der Waals surface area contributed by atoms with Crippen LogP contribution in [0.1, 0.15) is 18.1 Å². The number of carbonyl (C=O) groups excluding carboxylic acids is 1. The second-order valence-corrected chi connectivity index (χ2v) is 6.25. The Labute approximate surface area is 151 Å². The molecule has 1 N–H and O–H groups in total. The van der Waals surface area contributed by atoms with Gasteiger partial charge in [-0.3, -0.25) is 4.79 Å². The lowest BCUT2D eigenvalue weighted by molar-refractivity contribution is -0.113. The average molecular weight is 393 g/mol. The minimum atomic E-state index is -0.162. The van der Waals surface area contributed by atoms with Crippen LogP contribution in [0.5, 0.6) is 0 Å². The molecule has 5 heteroatoms. The second kappa shape index (κ2) is 9.55. The monoisotopic (exact) mass is 392 g/mol. The van der Waals surface area contributed by atoms with Crippen molar-refractivity contribution in [2.45, 2.75) is 12.5 Å². The molecule has 0 aromatic heterocycles. The molecule has 0 fully saturated rings. The van der Waals surface area contributed by atoms with Gasteiger partial charge in [0.1, 0.15) is 0 Å². The summed E-state index contributed by atoms with van der Waals surface area (Å²) in [7, 11) is 3.58. The molecule has 0 bridgehead atoms. The molecular formula is C18H21BrN2OS. The van der Waals surface area contributed by atoms with E-state index in [1.807, 2.05) is 19.2 Å². The molecule has 2 aromatic rings. The molecule has 0 radical (unpaired) electrons. The molecule has 0 saturated heterocycles. The fourth-order valence-corrected chi connectivity index (χ4v) is 2.50. The maximum absolute atomic E-state index is 9.56. The molecule has 2 aromatic carbocycles. The van der Waals surface area contributed by atoms with Crippen molar-refractivity contribution in [2.24, 2.45) is 0 Å². The van der Waals surface area contributed by atoms with Crippen molar-refractivity contribution < 1.29 is 4.79 Å². The molecule has 3 nitrogen and oxygen atoms in total. The fourth-order valence-electron chi connectivity index (χ4n) is 2.05. The van der Waals surface area contributed by atoms with Gasteiger partial charge in [0.2, 0.25) is 6.41 Å². The summed E-state index contributed by atoms with van der Waals surface area (Å²) < 4.78 is 1.10. The maximum Gasteiger partial charge on any atom is 0.214 e. The summed E-state index contributed by atoms with van der Waals surface area (Å²) in [4.78, 5) is 10.8. The summed E-state index contributed by atoms with van der Waals surface area (Å²) >= 11 is 7.87. The van der Waals surface area contributed by atoms with Gasteiger partial charge in [-0.1, -0.05) is 70.6 Å². The molecule has 0 spiro atoms. The van der Waals surface area contributed by atoms with Crippen LogP contribution in [-0.2, 0) is 10.3 Å². The lowest BCUT2D eigenvalue weighted by Crippen LogP contribution is -2.37. The number of amides is 1. The lowest BCUT2D eigenvalue weighted by atomic mass is 9.85. The molecule has 23 heavy (non-hydrogen) atoms. The van der Waals surface area contributed by atoms with Crippen LogP contribution in [0.25, 0.3) is 0 Å². The van der Waals surface area contributed by atoms with Crippen molar-refractivity contribution in [1.29, 1.82) is 0 Å². The van der Waals surface area contributed by atoms with E-state index in [0.29, 0.717) is 6.41 Å². The molecule has 0 saturated carbocycles. The van der Waals surface area contributed by atoms with Gasteiger partial charge in [0.05, 0.1) is 11.0 Å². The van der Waals surface area contributed by atoms with Crippen LogP contribution in [0.15, 0.2) is 59.1 Å². The van der Waals surface area contributed by atoms with E-state index in [0.717, 1.165) is 4.47 Å². The van der Waals surface area contributed by atoms with Gasteiger partial charge in [0.25, 0.3) is 0 Å². The van der Waals surface area contributed by atoms with E-state index in [-0.39, 0.29) is 5.54 Å². The minimum absolute atomic E-state index is 0.162. The van der Waals surface area contributed by atoms with Gasteiger partial charge in [-0.25, -0.2) is 0 Å². The zero-order valence-corrected chi connectivity index (χ0v) is 15.9. The van der Waals surface area contributed by atoms with Crippen LogP contribution >= 0.6 is 28.1 Å². The first-order valence-electron chi connectivity index (χ1n) is 7.11. The molecule has 0 heterocycles. The molecule has 1 unspecified atom stereocenters. The van der Waals surface area contributed by atoms with Crippen LogP contribution in [0.3, 0.4) is 0 Å². The van der Waals surface area contributed by atoms with Crippen molar-refractivity contribution in [2.75, 3.05) is 14.1 Å². The highest BCUT2D eigenvalue weighted by molar-refractivity contribution is 9.10. The standard InChI is InChI=1S/C15H16BrN.C3H5NOS/c1-15(17-2,12-7-4-3-5-8-12)13-9-6-10-14(16)11-13;1-4(2-5)3-6/h3-11,17H,1-2H3;2-3H,1H3. The Balaban J connectivity index is 0.000000379. The van der Waals surface area contributed by atoms with Crippen molar-refractivity contribution in [1.82, 2.24) is 10.2 Å². The van der Waals surface area contributed by atoms with Gasteiger partial charge in [0.15, 0.2) is 0 Å². The molecule has 0 aliphatic heterocycles. The third-order valence-electron chi connectivity index (χ3n) is 3.59. The molecule has 122 valence electrons. The summed E-state index contributed by atoms with van der Waals surface area (Å²) in [6.07, 6.45) is 0.646. The number of thiocarbonyl (C=S) groups is 1. The number of hydrogen-bond donors (Lipinski definition) is 1. The third kappa shape index (κ3) is 5.53. The lowest BCUT2D eigenvalue weighted by Gasteiger charge is -2.30. The molecule has 0 aliphatic carbocycles. The number of hydrogen-bond acceptors (Lipinski definition) is 3. The molecule has 0 aliphatic rings. The first kappa shape index (κ1) is 19.5. The molecule has 1 atom stereocenters. The van der Waals surface area contributed by atoms with Crippen molar-refractivity contribution in [3.63, 3.8) is 0 Å². The van der Waals surface area contributed by atoms with Crippen molar-refractivity contribution in [3.05, 3.63) is 70.2 Å². The maximum atomic E-state index is 9.56.